The van der Waals surface area contributed by atoms with Crippen molar-refractivity contribution < 1.29 is 4.79 Å². The standard InChI is InChI=1S/C17H25N7O.ClH/c1-14-20-21-22-24(14)16(13-15-5-3-2-4-6-15)17(25)19-9-12-23-10-7-18-8-11-23;/h2-6,16,18H,7-13H2,1H3,(H,19,25);1H. The largest absolute Gasteiger partial charge is 0.353 e. The maximum Gasteiger partial charge on any atom is 0.245 e. The van der Waals surface area contributed by atoms with E-state index in [1.54, 1.807) is 4.68 Å². The molecule has 2 heterocycles. The number of piperazine rings is 1. The summed E-state index contributed by atoms with van der Waals surface area (Å²) >= 11 is 0. The van der Waals surface area contributed by atoms with Crippen LogP contribution in [0.4, 0.5) is 0 Å². The number of amides is 1. The number of halogens is 1. The van der Waals surface area contributed by atoms with Crippen molar-refractivity contribution in [1.29, 1.82) is 0 Å². The fourth-order valence-corrected chi connectivity index (χ4v) is 3.04. The summed E-state index contributed by atoms with van der Waals surface area (Å²) in [6.07, 6.45) is 0.562. The van der Waals surface area contributed by atoms with E-state index in [4.69, 9.17) is 0 Å². The fraction of sp³-hybridized carbons (Fsp3) is 0.529. The second kappa shape index (κ2) is 10.2. The molecule has 2 aromatic rings. The number of aromatic nitrogens is 4. The van der Waals surface area contributed by atoms with Crippen molar-refractivity contribution in [3.8, 4) is 0 Å². The van der Waals surface area contributed by atoms with Gasteiger partial charge >= 0.3 is 0 Å². The molecule has 8 nitrogen and oxygen atoms in total. The number of hydrogen-bond donors (Lipinski definition) is 2. The highest BCUT2D eigenvalue weighted by Gasteiger charge is 2.24. The van der Waals surface area contributed by atoms with Crippen LogP contribution in [0.5, 0.6) is 0 Å². The molecule has 1 saturated heterocycles. The lowest BCUT2D eigenvalue weighted by atomic mass is 10.1. The van der Waals surface area contributed by atoms with Crippen LogP contribution in [0.2, 0.25) is 0 Å². The summed E-state index contributed by atoms with van der Waals surface area (Å²) in [5.41, 5.74) is 1.08. The van der Waals surface area contributed by atoms with Gasteiger partial charge in [0.05, 0.1) is 0 Å². The zero-order valence-electron chi connectivity index (χ0n) is 15.0. The maximum atomic E-state index is 12.8. The number of nitrogens with one attached hydrogen (secondary N) is 2. The van der Waals surface area contributed by atoms with Gasteiger partial charge in [-0.05, 0) is 22.9 Å². The van der Waals surface area contributed by atoms with Gasteiger partial charge in [0.15, 0.2) is 0 Å². The van der Waals surface area contributed by atoms with Gasteiger partial charge in [0.25, 0.3) is 0 Å². The fourth-order valence-electron chi connectivity index (χ4n) is 3.04. The van der Waals surface area contributed by atoms with Gasteiger partial charge in [0, 0.05) is 45.7 Å². The molecule has 1 atom stereocenters. The summed E-state index contributed by atoms with van der Waals surface area (Å²) in [5, 5.41) is 18.0. The second-order valence-corrected chi connectivity index (χ2v) is 6.26. The van der Waals surface area contributed by atoms with E-state index in [1.165, 1.54) is 0 Å². The topological polar surface area (TPSA) is 88.0 Å². The number of benzene rings is 1. The third-order valence-corrected chi connectivity index (χ3v) is 4.46. The molecule has 1 unspecified atom stereocenters. The Hall–Kier alpha value is -2.03. The van der Waals surface area contributed by atoms with Gasteiger partial charge in [-0.15, -0.1) is 17.5 Å². The van der Waals surface area contributed by atoms with Crippen molar-refractivity contribution in [2.24, 2.45) is 0 Å². The molecule has 9 heteroatoms. The molecule has 1 fully saturated rings. The highest BCUT2D eigenvalue weighted by molar-refractivity contribution is 5.85. The number of tetrazole rings is 1. The number of carbonyl (C=O) groups excluding carboxylic acids is 1. The molecule has 0 saturated carbocycles. The van der Waals surface area contributed by atoms with E-state index in [0.29, 0.717) is 18.8 Å². The molecule has 0 radical (unpaired) electrons. The third-order valence-electron chi connectivity index (χ3n) is 4.46. The van der Waals surface area contributed by atoms with Crippen molar-refractivity contribution in [2.75, 3.05) is 39.3 Å². The predicted octanol–water partition coefficient (Wildman–Crippen LogP) is 0.209. The van der Waals surface area contributed by atoms with Crippen molar-refractivity contribution >= 4 is 18.3 Å². The summed E-state index contributed by atoms with van der Waals surface area (Å²) < 4.78 is 1.60. The molecular weight excluding hydrogens is 354 g/mol. The molecule has 0 aliphatic carbocycles. The number of rotatable bonds is 7. The van der Waals surface area contributed by atoms with E-state index in [-0.39, 0.29) is 18.3 Å². The van der Waals surface area contributed by atoms with E-state index in [2.05, 4.69) is 31.1 Å². The van der Waals surface area contributed by atoms with Crippen LogP contribution >= 0.6 is 12.4 Å². The van der Waals surface area contributed by atoms with Crippen LogP contribution in [0.3, 0.4) is 0 Å². The number of nitrogens with zero attached hydrogens (tertiary/aromatic N) is 5. The summed E-state index contributed by atoms with van der Waals surface area (Å²) in [7, 11) is 0. The Morgan fingerprint density at radius 2 is 2.00 bits per heavy atom. The molecule has 0 bridgehead atoms. The molecule has 3 rings (SSSR count). The van der Waals surface area contributed by atoms with E-state index in [0.717, 1.165) is 38.3 Å². The third kappa shape index (κ3) is 5.48. The minimum absolute atomic E-state index is 0. The zero-order valence-corrected chi connectivity index (χ0v) is 15.8. The monoisotopic (exact) mass is 379 g/mol. The first kappa shape index (κ1) is 20.3. The van der Waals surface area contributed by atoms with Crippen LogP contribution in [0, 0.1) is 6.92 Å². The van der Waals surface area contributed by atoms with Crippen molar-refractivity contribution in [3.63, 3.8) is 0 Å². The van der Waals surface area contributed by atoms with Crippen molar-refractivity contribution in [3.05, 3.63) is 41.7 Å². The van der Waals surface area contributed by atoms with E-state index < -0.39 is 6.04 Å². The van der Waals surface area contributed by atoms with Crippen LogP contribution in [0.1, 0.15) is 17.4 Å². The Morgan fingerprint density at radius 1 is 1.27 bits per heavy atom. The quantitative estimate of drug-likeness (QED) is 0.715. The normalized spacial score (nSPS) is 15.9. The molecule has 0 spiro atoms. The lowest BCUT2D eigenvalue weighted by molar-refractivity contribution is -0.124. The van der Waals surface area contributed by atoms with Crippen LogP contribution in [0.15, 0.2) is 30.3 Å². The van der Waals surface area contributed by atoms with Gasteiger partial charge in [0.1, 0.15) is 11.9 Å². The Labute approximate surface area is 159 Å². The van der Waals surface area contributed by atoms with Crippen LogP contribution < -0.4 is 10.6 Å². The Morgan fingerprint density at radius 3 is 2.65 bits per heavy atom. The van der Waals surface area contributed by atoms with Gasteiger partial charge in [-0.3, -0.25) is 9.69 Å². The number of carbonyl (C=O) groups is 1. The summed E-state index contributed by atoms with van der Waals surface area (Å²) in [6.45, 7) is 7.37. The van der Waals surface area contributed by atoms with E-state index in [1.807, 2.05) is 37.3 Å². The van der Waals surface area contributed by atoms with Gasteiger partial charge < -0.3 is 10.6 Å². The minimum Gasteiger partial charge on any atom is -0.353 e. The van der Waals surface area contributed by atoms with E-state index in [9.17, 15) is 4.79 Å². The average molecular weight is 380 g/mol. The highest BCUT2D eigenvalue weighted by atomic mass is 35.5. The van der Waals surface area contributed by atoms with Crippen LogP contribution in [-0.4, -0.2) is 70.3 Å². The molecule has 1 aliphatic heterocycles. The molecule has 1 amide bonds. The minimum atomic E-state index is -0.444. The smallest absolute Gasteiger partial charge is 0.245 e. The lowest BCUT2D eigenvalue weighted by Crippen LogP contribution is -2.47. The summed E-state index contributed by atoms with van der Waals surface area (Å²) in [5.74, 6) is 0.590. The van der Waals surface area contributed by atoms with E-state index >= 15 is 0 Å². The van der Waals surface area contributed by atoms with Crippen molar-refractivity contribution in [1.82, 2.24) is 35.7 Å². The number of aryl methyl sites for hydroxylation is 1. The molecule has 2 N–H and O–H groups in total. The average Bonchev–Trinajstić information content (AvgIpc) is 3.07. The first-order valence-corrected chi connectivity index (χ1v) is 8.73. The first-order valence-electron chi connectivity index (χ1n) is 8.73. The summed E-state index contributed by atoms with van der Waals surface area (Å²) in [4.78, 5) is 15.1. The van der Waals surface area contributed by atoms with Crippen molar-refractivity contribution in [2.45, 2.75) is 19.4 Å². The summed E-state index contributed by atoms with van der Waals surface area (Å²) in [6, 6.07) is 9.50. The lowest BCUT2D eigenvalue weighted by Gasteiger charge is -2.27. The van der Waals surface area contributed by atoms with Crippen LogP contribution in [0.25, 0.3) is 0 Å². The molecule has 1 aliphatic rings. The zero-order chi connectivity index (χ0) is 17.5. The van der Waals surface area contributed by atoms with Crippen LogP contribution in [-0.2, 0) is 11.2 Å². The molecule has 26 heavy (non-hydrogen) atoms. The Balaban J connectivity index is 0.00000243. The maximum absolute atomic E-state index is 12.8. The SMILES string of the molecule is Cc1nnnn1C(Cc1ccccc1)C(=O)NCCN1CCNCC1.Cl. The second-order valence-electron chi connectivity index (χ2n) is 6.26. The van der Waals surface area contributed by atoms with Gasteiger partial charge in [-0.1, -0.05) is 30.3 Å². The first-order chi connectivity index (χ1) is 12.2. The number of hydrogen-bond acceptors (Lipinski definition) is 6. The molecule has 142 valence electrons. The van der Waals surface area contributed by atoms with Gasteiger partial charge in [-0.2, -0.15) is 0 Å². The Kier molecular flexibility index (Phi) is 7.96. The molecule has 1 aromatic carbocycles. The highest BCUT2D eigenvalue weighted by Crippen LogP contribution is 2.14. The van der Waals surface area contributed by atoms with Gasteiger partial charge in [0.2, 0.25) is 5.91 Å². The molecular formula is C17H26ClN7O. The Bertz CT molecular complexity index is 673. The molecule has 1 aromatic heterocycles. The van der Waals surface area contributed by atoms with Gasteiger partial charge in [-0.25, -0.2) is 4.68 Å². The predicted molar refractivity (Wildman–Crippen MR) is 101 cm³/mol.